The van der Waals surface area contributed by atoms with Gasteiger partial charge in [0.15, 0.2) is 11.6 Å². The first kappa shape index (κ1) is 15.6. The third-order valence-electron chi connectivity index (χ3n) is 4.81. The standard InChI is InChI=1S/C19H17FN4O/c20-18-14(12-25)4-5-22-19(18)24-10-15-8-23(9-16(15)11-24)17-3-1-2-13(6-17)7-21/h1-6,10,16,25H,8-9,11-12H2. The molecule has 0 radical (unpaired) electrons. The Hall–Kier alpha value is -2.91. The zero-order valence-electron chi connectivity index (χ0n) is 13.6. The maximum absolute atomic E-state index is 14.4. The number of fused-ring (bicyclic) bond motifs is 1. The number of nitrogens with zero attached hydrogens (tertiary/aromatic N) is 4. The predicted molar refractivity (Wildman–Crippen MR) is 92.4 cm³/mol. The van der Waals surface area contributed by atoms with E-state index in [1.54, 1.807) is 6.07 Å². The number of aliphatic hydroxyl groups is 1. The Balaban J connectivity index is 1.56. The number of benzene rings is 1. The summed E-state index contributed by atoms with van der Waals surface area (Å²) in [5.74, 6) is 0.122. The first-order valence-corrected chi connectivity index (χ1v) is 8.16. The lowest BCUT2D eigenvalue weighted by Gasteiger charge is -2.22. The summed E-state index contributed by atoms with van der Waals surface area (Å²) in [5.41, 5.74) is 3.18. The van der Waals surface area contributed by atoms with E-state index in [1.165, 1.54) is 17.8 Å². The molecular weight excluding hydrogens is 319 g/mol. The summed E-state index contributed by atoms with van der Waals surface area (Å²) in [6.45, 7) is 1.93. The van der Waals surface area contributed by atoms with Gasteiger partial charge in [-0.1, -0.05) is 6.07 Å². The van der Waals surface area contributed by atoms with Crippen molar-refractivity contribution >= 4 is 11.5 Å². The highest BCUT2D eigenvalue weighted by molar-refractivity contribution is 5.57. The van der Waals surface area contributed by atoms with Crippen molar-refractivity contribution in [3.05, 3.63) is 65.2 Å². The van der Waals surface area contributed by atoms with Crippen LogP contribution < -0.4 is 9.80 Å². The molecule has 1 fully saturated rings. The van der Waals surface area contributed by atoms with Gasteiger partial charge in [-0.3, -0.25) is 0 Å². The van der Waals surface area contributed by atoms with Crippen LogP contribution in [0.2, 0.25) is 0 Å². The van der Waals surface area contributed by atoms with E-state index in [0.29, 0.717) is 18.0 Å². The van der Waals surface area contributed by atoms with Crippen molar-refractivity contribution in [2.45, 2.75) is 6.61 Å². The molecule has 1 unspecified atom stereocenters. The molecule has 1 saturated heterocycles. The molecule has 1 aromatic heterocycles. The van der Waals surface area contributed by atoms with E-state index in [9.17, 15) is 9.50 Å². The van der Waals surface area contributed by atoms with Crippen LogP contribution in [0.5, 0.6) is 0 Å². The van der Waals surface area contributed by atoms with Crippen LogP contribution in [0.1, 0.15) is 11.1 Å². The fourth-order valence-electron chi connectivity index (χ4n) is 3.52. The number of hydrogen-bond donors (Lipinski definition) is 1. The van der Waals surface area contributed by atoms with E-state index in [1.807, 2.05) is 29.3 Å². The molecule has 2 aromatic rings. The van der Waals surface area contributed by atoms with Gasteiger partial charge in [0.05, 0.1) is 18.2 Å². The molecule has 0 aliphatic carbocycles. The van der Waals surface area contributed by atoms with Crippen molar-refractivity contribution in [3.8, 4) is 6.07 Å². The Bertz CT molecular complexity index is 889. The molecular formula is C19H17FN4O. The van der Waals surface area contributed by atoms with E-state index < -0.39 is 5.82 Å². The number of aliphatic hydroxyl groups excluding tert-OH is 1. The summed E-state index contributed by atoms with van der Waals surface area (Å²) in [4.78, 5) is 8.21. The predicted octanol–water partition coefficient (Wildman–Crippen LogP) is 2.42. The van der Waals surface area contributed by atoms with Gasteiger partial charge in [-0.05, 0) is 29.8 Å². The fraction of sp³-hybridized carbons (Fsp3) is 0.263. The summed E-state index contributed by atoms with van der Waals surface area (Å²) in [5, 5.41) is 18.3. The summed E-state index contributed by atoms with van der Waals surface area (Å²) in [6.07, 6.45) is 3.49. The highest BCUT2D eigenvalue weighted by Gasteiger charge is 2.35. The molecule has 5 nitrogen and oxygen atoms in total. The van der Waals surface area contributed by atoms with Crippen LogP contribution in [0.3, 0.4) is 0 Å². The van der Waals surface area contributed by atoms with Gasteiger partial charge in [-0.2, -0.15) is 5.26 Å². The van der Waals surface area contributed by atoms with Gasteiger partial charge < -0.3 is 14.9 Å². The van der Waals surface area contributed by atoms with Crippen LogP contribution in [-0.2, 0) is 6.61 Å². The van der Waals surface area contributed by atoms with E-state index >= 15 is 0 Å². The van der Waals surface area contributed by atoms with Crippen molar-refractivity contribution in [2.24, 2.45) is 5.92 Å². The Morgan fingerprint density at radius 2 is 2.20 bits per heavy atom. The van der Waals surface area contributed by atoms with Crippen LogP contribution >= 0.6 is 0 Å². The number of aromatic nitrogens is 1. The molecule has 0 amide bonds. The average molecular weight is 336 g/mol. The number of pyridine rings is 1. The summed E-state index contributed by atoms with van der Waals surface area (Å²) in [7, 11) is 0. The molecule has 2 aliphatic heterocycles. The molecule has 126 valence electrons. The van der Waals surface area contributed by atoms with Crippen LogP contribution in [0, 0.1) is 23.1 Å². The smallest absolute Gasteiger partial charge is 0.171 e. The second-order valence-corrected chi connectivity index (χ2v) is 6.36. The van der Waals surface area contributed by atoms with Gasteiger partial charge in [-0.15, -0.1) is 0 Å². The topological polar surface area (TPSA) is 63.4 Å². The molecule has 0 bridgehead atoms. The van der Waals surface area contributed by atoms with Crippen LogP contribution in [0.25, 0.3) is 0 Å². The molecule has 2 aliphatic rings. The number of halogens is 1. The molecule has 1 aromatic carbocycles. The van der Waals surface area contributed by atoms with Crippen LogP contribution in [0.15, 0.2) is 48.3 Å². The van der Waals surface area contributed by atoms with Crippen LogP contribution in [-0.4, -0.2) is 29.7 Å². The van der Waals surface area contributed by atoms with Gasteiger partial charge in [0.2, 0.25) is 0 Å². The van der Waals surface area contributed by atoms with Crippen LogP contribution in [0.4, 0.5) is 15.9 Å². The molecule has 1 atom stereocenters. The van der Waals surface area contributed by atoms with Gasteiger partial charge in [0, 0.05) is 49.2 Å². The monoisotopic (exact) mass is 336 g/mol. The van der Waals surface area contributed by atoms with Crippen molar-refractivity contribution in [3.63, 3.8) is 0 Å². The largest absolute Gasteiger partial charge is 0.392 e. The Morgan fingerprint density at radius 1 is 1.32 bits per heavy atom. The van der Waals surface area contributed by atoms with Crippen molar-refractivity contribution in [1.82, 2.24) is 4.98 Å². The molecule has 0 saturated carbocycles. The minimum Gasteiger partial charge on any atom is -0.392 e. The summed E-state index contributed by atoms with van der Waals surface area (Å²) >= 11 is 0. The summed E-state index contributed by atoms with van der Waals surface area (Å²) < 4.78 is 14.4. The number of nitriles is 1. The van der Waals surface area contributed by atoms with E-state index in [2.05, 4.69) is 16.0 Å². The van der Waals surface area contributed by atoms with E-state index in [4.69, 9.17) is 5.26 Å². The maximum Gasteiger partial charge on any atom is 0.171 e. The van der Waals surface area contributed by atoms with Gasteiger partial charge >= 0.3 is 0 Å². The second kappa shape index (κ2) is 6.19. The van der Waals surface area contributed by atoms with E-state index in [-0.39, 0.29) is 18.0 Å². The summed E-state index contributed by atoms with van der Waals surface area (Å²) in [6, 6.07) is 11.2. The number of hydrogen-bond acceptors (Lipinski definition) is 5. The molecule has 0 spiro atoms. The van der Waals surface area contributed by atoms with Gasteiger partial charge in [-0.25, -0.2) is 9.37 Å². The number of anilines is 2. The van der Waals surface area contributed by atoms with Crippen molar-refractivity contribution in [2.75, 3.05) is 29.4 Å². The first-order chi connectivity index (χ1) is 12.2. The normalized spacial score (nSPS) is 18.9. The third kappa shape index (κ3) is 2.73. The van der Waals surface area contributed by atoms with Gasteiger partial charge in [0.1, 0.15) is 0 Å². The lowest BCUT2D eigenvalue weighted by molar-refractivity contribution is 0.275. The fourth-order valence-corrected chi connectivity index (χ4v) is 3.52. The number of rotatable bonds is 3. The molecule has 4 rings (SSSR count). The molecule has 3 heterocycles. The average Bonchev–Trinajstić information content (AvgIpc) is 3.21. The highest BCUT2D eigenvalue weighted by atomic mass is 19.1. The zero-order chi connectivity index (χ0) is 17.4. The van der Waals surface area contributed by atoms with Crippen molar-refractivity contribution < 1.29 is 9.50 Å². The third-order valence-corrected chi connectivity index (χ3v) is 4.81. The molecule has 6 heteroatoms. The van der Waals surface area contributed by atoms with E-state index in [0.717, 1.165) is 18.8 Å². The minimum atomic E-state index is -0.458. The Labute approximate surface area is 145 Å². The first-order valence-electron chi connectivity index (χ1n) is 8.16. The molecule has 1 N–H and O–H groups in total. The lowest BCUT2D eigenvalue weighted by Crippen LogP contribution is -2.26. The lowest BCUT2D eigenvalue weighted by atomic mass is 10.1. The minimum absolute atomic E-state index is 0.260. The van der Waals surface area contributed by atoms with Gasteiger partial charge in [0.25, 0.3) is 0 Å². The second-order valence-electron chi connectivity index (χ2n) is 6.36. The Morgan fingerprint density at radius 3 is 2.96 bits per heavy atom. The molecule has 25 heavy (non-hydrogen) atoms. The van der Waals surface area contributed by atoms with Crippen molar-refractivity contribution in [1.29, 1.82) is 5.26 Å². The highest BCUT2D eigenvalue weighted by Crippen LogP contribution is 2.35. The quantitative estimate of drug-likeness (QED) is 0.933. The Kier molecular flexibility index (Phi) is 3.86. The maximum atomic E-state index is 14.4. The zero-order valence-corrected chi connectivity index (χ0v) is 13.6. The SMILES string of the molecule is N#Cc1cccc(N2CC3=CN(c4nccc(CO)c4F)CC3C2)c1.